The molecule has 0 aliphatic carbocycles. The third-order valence-electron chi connectivity index (χ3n) is 3.54. The maximum absolute atomic E-state index is 12.0. The van der Waals surface area contributed by atoms with E-state index in [1.165, 1.54) is 10.9 Å². The topological polar surface area (TPSA) is 70.9 Å². The van der Waals surface area contributed by atoms with Crippen molar-refractivity contribution >= 4 is 22.5 Å². The van der Waals surface area contributed by atoms with Gasteiger partial charge in [0.05, 0.1) is 0 Å². The van der Waals surface area contributed by atoms with E-state index in [9.17, 15) is 4.79 Å². The number of amides is 1. The molecule has 1 aromatic heterocycles. The van der Waals surface area contributed by atoms with Gasteiger partial charge in [0.25, 0.3) is 5.91 Å². The van der Waals surface area contributed by atoms with Gasteiger partial charge in [0, 0.05) is 34.9 Å². The van der Waals surface area contributed by atoms with Crippen LogP contribution in [0, 0.1) is 0 Å². The second-order valence-electron chi connectivity index (χ2n) is 4.98. The summed E-state index contributed by atoms with van der Waals surface area (Å²) in [7, 11) is 0. The van der Waals surface area contributed by atoms with E-state index in [1.807, 2.05) is 18.3 Å². The Labute approximate surface area is 123 Å². The third kappa shape index (κ3) is 2.89. The largest absolute Gasteiger partial charge is 0.399 e. The SMILES string of the molecule is Nc1ccc(C(=O)NCCc2cccc3[nH]ccc23)cc1. The summed E-state index contributed by atoms with van der Waals surface area (Å²) in [6, 6.07) is 15.2. The first kappa shape index (κ1) is 13.2. The van der Waals surface area contributed by atoms with Crippen molar-refractivity contribution in [1.82, 2.24) is 10.3 Å². The molecule has 0 unspecified atom stereocenters. The molecule has 4 nitrogen and oxygen atoms in total. The Morgan fingerprint density at radius 1 is 1.10 bits per heavy atom. The molecule has 0 fully saturated rings. The number of carbonyl (C=O) groups excluding carboxylic acids is 1. The van der Waals surface area contributed by atoms with Crippen LogP contribution in [0.5, 0.6) is 0 Å². The summed E-state index contributed by atoms with van der Waals surface area (Å²) in [5, 5.41) is 4.14. The van der Waals surface area contributed by atoms with Crippen molar-refractivity contribution in [2.45, 2.75) is 6.42 Å². The molecular weight excluding hydrogens is 262 g/mol. The molecule has 21 heavy (non-hydrogen) atoms. The second-order valence-corrected chi connectivity index (χ2v) is 4.98. The number of fused-ring (bicyclic) bond motifs is 1. The highest BCUT2D eigenvalue weighted by atomic mass is 16.1. The molecule has 0 saturated heterocycles. The van der Waals surface area contributed by atoms with E-state index >= 15 is 0 Å². The van der Waals surface area contributed by atoms with Gasteiger partial charge in [-0.05, 0) is 48.4 Å². The minimum atomic E-state index is -0.0729. The second kappa shape index (κ2) is 5.71. The molecule has 0 aliphatic rings. The first-order valence-corrected chi connectivity index (χ1v) is 6.93. The number of benzene rings is 2. The lowest BCUT2D eigenvalue weighted by atomic mass is 10.1. The number of aromatic nitrogens is 1. The lowest BCUT2D eigenvalue weighted by Crippen LogP contribution is -2.25. The number of nitrogens with two attached hydrogens (primary N) is 1. The molecule has 0 atom stereocenters. The highest BCUT2D eigenvalue weighted by Crippen LogP contribution is 2.17. The molecule has 2 aromatic carbocycles. The predicted octanol–water partition coefficient (Wildman–Crippen LogP) is 2.72. The van der Waals surface area contributed by atoms with Gasteiger partial charge in [-0.3, -0.25) is 4.79 Å². The molecule has 1 heterocycles. The summed E-state index contributed by atoms with van der Waals surface area (Å²) in [5.74, 6) is -0.0729. The average molecular weight is 279 g/mol. The van der Waals surface area contributed by atoms with E-state index in [2.05, 4.69) is 22.4 Å². The zero-order valence-electron chi connectivity index (χ0n) is 11.6. The fourth-order valence-corrected chi connectivity index (χ4v) is 2.42. The normalized spacial score (nSPS) is 10.7. The molecule has 4 N–H and O–H groups in total. The molecule has 0 spiro atoms. The van der Waals surface area contributed by atoms with Crippen LogP contribution in [0.1, 0.15) is 15.9 Å². The van der Waals surface area contributed by atoms with Crippen LogP contribution in [0.4, 0.5) is 5.69 Å². The molecule has 3 aromatic rings. The van der Waals surface area contributed by atoms with Crippen molar-refractivity contribution in [3.8, 4) is 0 Å². The summed E-state index contributed by atoms with van der Waals surface area (Å²) < 4.78 is 0. The van der Waals surface area contributed by atoms with Gasteiger partial charge in [0.1, 0.15) is 0 Å². The molecule has 106 valence electrons. The van der Waals surface area contributed by atoms with Crippen LogP contribution in [-0.4, -0.2) is 17.4 Å². The first-order valence-electron chi connectivity index (χ1n) is 6.93. The highest BCUT2D eigenvalue weighted by molar-refractivity contribution is 5.94. The van der Waals surface area contributed by atoms with E-state index in [4.69, 9.17) is 5.73 Å². The van der Waals surface area contributed by atoms with Crippen LogP contribution in [0.2, 0.25) is 0 Å². The molecule has 3 rings (SSSR count). The van der Waals surface area contributed by atoms with Gasteiger partial charge in [0.15, 0.2) is 0 Å². The maximum atomic E-state index is 12.0. The zero-order chi connectivity index (χ0) is 14.7. The quantitative estimate of drug-likeness (QED) is 0.643. The Balaban J connectivity index is 1.62. The van der Waals surface area contributed by atoms with Crippen molar-refractivity contribution < 1.29 is 4.79 Å². The van der Waals surface area contributed by atoms with Gasteiger partial charge in [0.2, 0.25) is 0 Å². The lowest BCUT2D eigenvalue weighted by molar-refractivity contribution is 0.0954. The molecule has 0 saturated carbocycles. The third-order valence-corrected chi connectivity index (χ3v) is 3.54. The monoisotopic (exact) mass is 279 g/mol. The number of anilines is 1. The average Bonchev–Trinajstić information content (AvgIpc) is 2.97. The van der Waals surface area contributed by atoms with Gasteiger partial charge >= 0.3 is 0 Å². The molecule has 0 bridgehead atoms. The Morgan fingerprint density at radius 3 is 2.71 bits per heavy atom. The Bertz CT molecular complexity index is 759. The Kier molecular flexibility index (Phi) is 3.60. The summed E-state index contributed by atoms with van der Waals surface area (Å²) >= 11 is 0. The number of H-pyrrole nitrogens is 1. The summed E-state index contributed by atoms with van der Waals surface area (Å²) in [4.78, 5) is 15.2. The number of hydrogen-bond acceptors (Lipinski definition) is 2. The number of aromatic amines is 1. The molecule has 4 heteroatoms. The van der Waals surface area contributed by atoms with Crippen LogP contribution < -0.4 is 11.1 Å². The lowest BCUT2D eigenvalue weighted by Gasteiger charge is -2.07. The molecule has 0 aliphatic heterocycles. The number of rotatable bonds is 4. The fraction of sp³-hybridized carbons (Fsp3) is 0.118. The number of nitrogen functional groups attached to an aromatic ring is 1. The van der Waals surface area contributed by atoms with Crippen molar-refractivity contribution in [1.29, 1.82) is 0 Å². The van der Waals surface area contributed by atoms with Crippen molar-refractivity contribution in [3.63, 3.8) is 0 Å². The summed E-state index contributed by atoms with van der Waals surface area (Å²) in [5.41, 5.74) is 9.25. The van der Waals surface area contributed by atoms with Crippen molar-refractivity contribution in [3.05, 3.63) is 65.9 Å². The standard InChI is InChI=1S/C17H17N3O/c18-14-6-4-13(5-7-14)17(21)20-10-8-12-2-1-3-16-15(12)9-11-19-16/h1-7,9,11,19H,8,10,18H2,(H,20,21). The van der Waals surface area contributed by atoms with Crippen LogP contribution in [-0.2, 0) is 6.42 Å². The Hall–Kier alpha value is -2.75. The van der Waals surface area contributed by atoms with Crippen LogP contribution >= 0.6 is 0 Å². The number of hydrogen-bond donors (Lipinski definition) is 3. The Morgan fingerprint density at radius 2 is 1.90 bits per heavy atom. The predicted molar refractivity (Wildman–Crippen MR) is 85.2 cm³/mol. The number of nitrogens with one attached hydrogen (secondary N) is 2. The van der Waals surface area contributed by atoms with Crippen molar-refractivity contribution in [2.24, 2.45) is 0 Å². The van der Waals surface area contributed by atoms with Crippen molar-refractivity contribution in [2.75, 3.05) is 12.3 Å². The van der Waals surface area contributed by atoms with E-state index in [-0.39, 0.29) is 5.91 Å². The fourth-order valence-electron chi connectivity index (χ4n) is 2.42. The molecular formula is C17H17N3O. The molecule has 1 amide bonds. The van der Waals surface area contributed by atoms with E-state index in [1.54, 1.807) is 24.3 Å². The van der Waals surface area contributed by atoms with Gasteiger partial charge in [-0.1, -0.05) is 12.1 Å². The van der Waals surface area contributed by atoms with Gasteiger partial charge in [-0.15, -0.1) is 0 Å². The van der Waals surface area contributed by atoms with Crippen LogP contribution in [0.25, 0.3) is 10.9 Å². The minimum Gasteiger partial charge on any atom is -0.399 e. The number of carbonyl (C=O) groups is 1. The molecule has 0 radical (unpaired) electrons. The minimum absolute atomic E-state index is 0.0729. The summed E-state index contributed by atoms with van der Waals surface area (Å²) in [6.45, 7) is 0.605. The van der Waals surface area contributed by atoms with Gasteiger partial charge in [-0.2, -0.15) is 0 Å². The van der Waals surface area contributed by atoms with E-state index in [0.717, 1.165) is 11.9 Å². The smallest absolute Gasteiger partial charge is 0.251 e. The zero-order valence-corrected chi connectivity index (χ0v) is 11.6. The van der Waals surface area contributed by atoms with E-state index < -0.39 is 0 Å². The van der Waals surface area contributed by atoms with Gasteiger partial charge < -0.3 is 16.0 Å². The van der Waals surface area contributed by atoms with Crippen LogP contribution in [0.3, 0.4) is 0 Å². The summed E-state index contributed by atoms with van der Waals surface area (Å²) in [6.07, 6.45) is 2.73. The highest BCUT2D eigenvalue weighted by Gasteiger charge is 2.05. The van der Waals surface area contributed by atoms with E-state index in [0.29, 0.717) is 17.8 Å². The maximum Gasteiger partial charge on any atom is 0.251 e. The first-order chi connectivity index (χ1) is 10.2. The van der Waals surface area contributed by atoms with Gasteiger partial charge in [-0.25, -0.2) is 0 Å². The van der Waals surface area contributed by atoms with Crippen LogP contribution in [0.15, 0.2) is 54.7 Å².